The average molecular weight is 388 g/mol. The summed E-state index contributed by atoms with van der Waals surface area (Å²) in [5.74, 6) is -1.32. The Morgan fingerprint density at radius 3 is 2.74 bits per heavy atom. The Morgan fingerprint density at radius 2 is 1.93 bits per heavy atom. The molecule has 0 aliphatic carbocycles. The van der Waals surface area contributed by atoms with Crippen molar-refractivity contribution in [2.24, 2.45) is 0 Å². The Morgan fingerprint density at radius 1 is 1.15 bits per heavy atom. The summed E-state index contributed by atoms with van der Waals surface area (Å²) in [6.07, 6.45) is 0. The lowest BCUT2D eigenvalue weighted by Crippen LogP contribution is -2.38. The molecule has 0 unspecified atom stereocenters. The van der Waals surface area contributed by atoms with E-state index >= 15 is 0 Å². The van der Waals surface area contributed by atoms with E-state index in [-0.39, 0.29) is 24.5 Å². The molecule has 10 heteroatoms. The number of phenols is 1. The lowest BCUT2D eigenvalue weighted by atomic mass is 10.2. The second-order valence-corrected chi connectivity index (χ2v) is 5.99. The van der Waals surface area contributed by atoms with E-state index in [1.54, 1.807) is 24.3 Å². The van der Waals surface area contributed by atoms with Crippen LogP contribution in [-0.4, -0.2) is 38.5 Å². The van der Waals surface area contributed by atoms with Crippen LogP contribution < -0.4 is 16.2 Å². The van der Waals surface area contributed by atoms with Crippen LogP contribution in [-0.2, 0) is 16.1 Å². The molecule has 0 bridgehead atoms. The quantitative estimate of drug-likeness (QED) is 0.558. The number of hydrogen-bond acceptors (Lipinski definition) is 6. The minimum Gasteiger partial charge on any atom is -0.506 e. The van der Waals surface area contributed by atoms with Gasteiger partial charge >= 0.3 is 0 Å². The first-order chi connectivity index (χ1) is 12.9. The van der Waals surface area contributed by atoms with Gasteiger partial charge in [0.15, 0.2) is 0 Å². The molecule has 0 atom stereocenters. The molecular weight excluding hydrogens is 374 g/mol. The van der Waals surface area contributed by atoms with E-state index in [0.717, 1.165) is 4.68 Å². The number of nitrogens with one attached hydrogen (secondary N) is 2. The average Bonchev–Trinajstić information content (AvgIpc) is 2.65. The van der Waals surface area contributed by atoms with E-state index in [1.165, 1.54) is 18.2 Å². The summed E-state index contributed by atoms with van der Waals surface area (Å²) in [6, 6.07) is 10.8. The van der Waals surface area contributed by atoms with Crippen LogP contribution in [0.4, 0.5) is 5.69 Å². The summed E-state index contributed by atoms with van der Waals surface area (Å²) in [5, 5.41) is 22.7. The molecular formula is C17H14ClN5O4. The van der Waals surface area contributed by atoms with E-state index in [9.17, 15) is 19.5 Å². The lowest BCUT2D eigenvalue weighted by Gasteiger charge is -2.09. The first kappa shape index (κ1) is 18.3. The van der Waals surface area contributed by atoms with E-state index in [1.807, 2.05) is 0 Å². The number of carbonyl (C=O) groups excluding carboxylic acids is 2. The molecule has 0 fully saturated rings. The number of aromatic hydroxyl groups is 1. The molecule has 9 nitrogen and oxygen atoms in total. The summed E-state index contributed by atoms with van der Waals surface area (Å²) in [6.45, 7) is -0.743. The van der Waals surface area contributed by atoms with Crippen LogP contribution in [0, 0.1) is 0 Å². The summed E-state index contributed by atoms with van der Waals surface area (Å²) in [4.78, 5) is 36.2. The van der Waals surface area contributed by atoms with Gasteiger partial charge in [-0.3, -0.25) is 14.4 Å². The zero-order chi connectivity index (χ0) is 19.4. The molecule has 138 valence electrons. The molecule has 1 heterocycles. The monoisotopic (exact) mass is 387 g/mol. The Bertz CT molecular complexity index is 1080. The number of carbonyl (C=O) groups is 2. The summed E-state index contributed by atoms with van der Waals surface area (Å²) in [5.41, 5.74) is 0.0993. The third-order valence-electron chi connectivity index (χ3n) is 3.60. The number of aromatic nitrogens is 3. The van der Waals surface area contributed by atoms with Crippen molar-refractivity contribution in [2.45, 2.75) is 6.54 Å². The maximum absolute atomic E-state index is 12.3. The molecule has 0 aliphatic heterocycles. The molecule has 0 saturated heterocycles. The number of nitrogens with zero attached hydrogens (tertiary/aromatic N) is 3. The van der Waals surface area contributed by atoms with Crippen LogP contribution in [0.1, 0.15) is 0 Å². The van der Waals surface area contributed by atoms with Crippen molar-refractivity contribution < 1.29 is 14.7 Å². The van der Waals surface area contributed by atoms with Crippen molar-refractivity contribution in [3.8, 4) is 5.75 Å². The lowest BCUT2D eigenvalue weighted by molar-refractivity contribution is -0.124. The Hall–Kier alpha value is -3.46. The van der Waals surface area contributed by atoms with E-state index in [2.05, 4.69) is 20.9 Å². The highest BCUT2D eigenvalue weighted by atomic mass is 35.5. The predicted octanol–water partition coefficient (Wildman–Crippen LogP) is 0.905. The molecule has 0 spiro atoms. The third kappa shape index (κ3) is 4.39. The molecule has 0 saturated carbocycles. The largest absolute Gasteiger partial charge is 0.506 e. The second-order valence-electron chi connectivity index (χ2n) is 5.56. The van der Waals surface area contributed by atoms with Gasteiger partial charge in [0.1, 0.15) is 17.8 Å². The van der Waals surface area contributed by atoms with Gasteiger partial charge in [-0.1, -0.05) is 28.9 Å². The summed E-state index contributed by atoms with van der Waals surface area (Å²) in [7, 11) is 0. The van der Waals surface area contributed by atoms with Crippen molar-refractivity contribution in [1.29, 1.82) is 0 Å². The minimum atomic E-state index is -0.591. The van der Waals surface area contributed by atoms with Crippen LogP contribution in [0.15, 0.2) is 47.3 Å². The first-order valence-corrected chi connectivity index (χ1v) is 8.19. The van der Waals surface area contributed by atoms with Crippen molar-refractivity contribution in [3.63, 3.8) is 0 Å². The fraction of sp³-hybridized carbons (Fsp3) is 0.118. The highest BCUT2D eigenvalue weighted by molar-refractivity contribution is 6.31. The van der Waals surface area contributed by atoms with Gasteiger partial charge in [-0.05, 0) is 30.3 Å². The van der Waals surface area contributed by atoms with Crippen LogP contribution in [0.3, 0.4) is 0 Å². The molecule has 1 aromatic heterocycles. The summed E-state index contributed by atoms with van der Waals surface area (Å²) >= 11 is 5.80. The van der Waals surface area contributed by atoms with E-state index in [4.69, 9.17) is 11.6 Å². The molecule has 3 rings (SSSR count). The first-order valence-electron chi connectivity index (χ1n) is 7.81. The smallest absolute Gasteiger partial charge is 0.278 e. The Kier molecular flexibility index (Phi) is 5.32. The normalized spacial score (nSPS) is 10.6. The summed E-state index contributed by atoms with van der Waals surface area (Å²) < 4.78 is 0.915. The molecule has 0 aliphatic rings. The third-order valence-corrected chi connectivity index (χ3v) is 3.84. The van der Waals surface area contributed by atoms with Crippen LogP contribution in [0.2, 0.25) is 5.02 Å². The number of benzene rings is 2. The van der Waals surface area contributed by atoms with Gasteiger partial charge in [0.2, 0.25) is 11.8 Å². The van der Waals surface area contributed by atoms with Gasteiger partial charge in [-0.2, -0.15) is 0 Å². The minimum absolute atomic E-state index is 0.123. The topological polar surface area (TPSA) is 126 Å². The molecule has 0 radical (unpaired) electrons. The maximum atomic E-state index is 12.3. The zero-order valence-corrected chi connectivity index (χ0v) is 14.6. The second kappa shape index (κ2) is 7.83. The van der Waals surface area contributed by atoms with Crippen molar-refractivity contribution in [2.75, 3.05) is 11.9 Å². The zero-order valence-electron chi connectivity index (χ0n) is 13.8. The fourth-order valence-electron chi connectivity index (χ4n) is 2.30. The molecule has 3 N–H and O–H groups in total. The molecule has 2 aromatic carbocycles. The van der Waals surface area contributed by atoms with Gasteiger partial charge < -0.3 is 15.7 Å². The molecule has 27 heavy (non-hydrogen) atoms. The number of hydrogen-bond donors (Lipinski definition) is 3. The van der Waals surface area contributed by atoms with Crippen molar-refractivity contribution >= 4 is 40.0 Å². The number of fused-ring (bicyclic) bond motifs is 1. The predicted molar refractivity (Wildman–Crippen MR) is 98.6 cm³/mol. The molecule has 2 amide bonds. The van der Waals surface area contributed by atoms with Gasteiger partial charge in [0.25, 0.3) is 5.56 Å². The molecule has 3 aromatic rings. The van der Waals surface area contributed by atoms with E-state index < -0.39 is 17.4 Å². The number of halogens is 1. The number of rotatable bonds is 5. The Balaban J connectivity index is 1.60. The highest BCUT2D eigenvalue weighted by Gasteiger charge is 2.12. The van der Waals surface area contributed by atoms with Crippen molar-refractivity contribution in [1.82, 2.24) is 20.3 Å². The van der Waals surface area contributed by atoms with Gasteiger partial charge in [-0.15, -0.1) is 5.10 Å². The maximum Gasteiger partial charge on any atom is 0.278 e. The van der Waals surface area contributed by atoms with Gasteiger partial charge in [0.05, 0.1) is 17.6 Å². The standard InChI is InChI=1S/C17H14ClN5O4/c18-10-5-6-14(24)13(7-10)20-15(25)8-19-16(26)9-23-17(27)11-3-1-2-4-12(11)21-22-23/h1-7,24H,8-9H2,(H,19,26)(H,20,25). The van der Waals surface area contributed by atoms with Crippen molar-refractivity contribution in [3.05, 3.63) is 57.8 Å². The number of amides is 2. The highest BCUT2D eigenvalue weighted by Crippen LogP contribution is 2.26. The van der Waals surface area contributed by atoms with Crippen LogP contribution >= 0.6 is 11.6 Å². The SMILES string of the molecule is O=C(Cn1nnc2ccccc2c1=O)NCC(=O)Nc1cc(Cl)ccc1O. The Labute approximate surface area is 157 Å². The van der Waals surface area contributed by atoms with Crippen LogP contribution in [0.5, 0.6) is 5.75 Å². The van der Waals surface area contributed by atoms with Gasteiger partial charge in [-0.25, -0.2) is 4.68 Å². The van der Waals surface area contributed by atoms with Crippen LogP contribution in [0.25, 0.3) is 10.9 Å². The van der Waals surface area contributed by atoms with E-state index in [0.29, 0.717) is 15.9 Å². The fourth-order valence-corrected chi connectivity index (χ4v) is 2.47. The van der Waals surface area contributed by atoms with Gasteiger partial charge in [0, 0.05) is 5.02 Å². The number of anilines is 1. The number of phenolic OH excluding ortho intramolecular Hbond substituents is 1.